The average Bonchev–Trinajstić information content (AvgIpc) is 3.16. The highest BCUT2D eigenvalue weighted by Gasteiger charge is 2.33. The van der Waals surface area contributed by atoms with Crippen LogP contribution in [0.3, 0.4) is 0 Å². The summed E-state index contributed by atoms with van der Waals surface area (Å²) >= 11 is 18.1. The quantitative estimate of drug-likeness (QED) is 0.426. The van der Waals surface area contributed by atoms with Crippen LogP contribution in [-0.2, 0) is 12.7 Å². The van der Waals surface area contributed by atoms with Crippen molar-refractivity contribution < 1.29 is 13.2 Å². The van der Waals surface area contributed by atoms with Crippen molar-refractivity contribution in [2.45, 2.75) is 18.8 Å². The predicted octanol–water partition coefficient (Wildman–Crippen LogP) is 6.62. The van der Waals surface area contributed by atoms with Crippen LogP contribution in [0.1, 0.15) is 22.9 Å². The van der Waals surface area contributed by atoms with Gasteiger partial charge in [0.1, 0.15) is 0 Å². The van der Waals surface area contributed by atoms with Gasteiger partial charge in [0.05, 0.1) is 11.6 Å². The Kier molecular flexibility index (Phi) is 5.70. The molecule has 3 aromatic rings. The lowest BCUT2D eigenvalue weighted by atomic mass is 10.00. The number of fused-ring (bicyclic) bond motifs is 1. The number of aromatic nitrogens is 1. The predicted molar refractivity (Wildman–Crippen MR) is 117 cm³/mol. The number of rotatable bonds is 2. The molecule has 0 fully saturated rings. The number of nitrogens with zero attached hydrogens (tertiary/aromatic N) is 2. The van der Waals surface area contributed by atoms with Crippen LogP contribution in [0.2, 0.25) is 10.0 Å². The summed E-state index contributed by atoms with van der Waals surface area (Å²) in [5, 5.41) is 4.29. The second kappa shape index (κ2) is 8.13. The normalized spacial score (nSPS) is 16.3. The summed E-state index contributed by atoms with van der Waals surface area (Å²) in [7, 11) is 0. The highest BCUT2D eigenvalue weighted by atomic mass is 35.5. The lowest BCUT2D eigenvalue weighted by molar-refractivity contribution is -0.137. The molecular weight excluding hydrogens is 454 g/mol. The van der Waals surface area contributed by atoms with Crippen LogP contribution in [0, 0.1) is 0 Å². The Bertz CT molecular complexity index is 1100. The van der Waals surface area contributed by atoms with E-state index in [1.54, 1.807) is 18.2 Å². The molecule has 4 rings (SSSR count). The summed E-state index contributed by atoms with van der Waals surface area (Å²) in [6.07, 6.45) is -2.45. The van der Waals surface area contributed by atoms with Crippen LogP contribution < -0.4 is 5.32 Å². The van der Waals surface area contributed by atoms with Crippen LogP contribution in [0.4, 0.5) is 18.9 Å². The van der Waals surface area contributed by atoms with Crippen LogP contribution in [0.15, 0.2) is 60.8 Å². The van der Waals surface area contributed by atoms with Gasteiger partial charge in [-0.05, 0) is 60.2 Å². The average molecular weight is 470 g/mol. The third-order valence-corrected chi connectivity index (χ3v) is 5.90. The number of nitrogens with one attached hydrogen (secondary N) is 1. The van der Waals surface area contributed by atoms with Crippen molar-refractivity contribution in [1.29, 1.82) is 0 Å². The van der Waals surface area contributed by atoms with Gasteiger partial charge in [-0.3, -0.25) is 0 Å². The van der Waals surface area contributed by atoms with Gasteiger partial charge in [0.25, 0.3) is 0 Å². The molecule has 0 saturated heterocycles. The molecule has 2 heterocycles. The molecule has 0 spiro atoms. The molecular formula is C21H16Cl2F3N3S. The van der Waals surface area contributed by atoms with E-state index in [1.807, 2.05) is 29.3 Å². The van der Waals surface area contributed by atoms with Gasteiger partial charge < -0.3 is 14.8 Å². The molecule has 1 aromatic heterocycles. The van der Waals surface area contributed by atoms with Gasteiger partial charge in [0.2, 0.25) is 0 Å². The second-order valence-electron chi connectivity index (χ2n) is 6.90. The maximum atomic E-state index is 13.1. The Morgan fingerprint density at radius 1 is 1.03 bits per heavy atom. The van der Waals surface area contributed by atoms with Gasteiger partial charge >= 0.3 is 6.18 Å². The van der Waals surface area contributed by atoms with Crippen LogP contribution in [-0.4, -0.2) is 21.1 Å². The van der Waals surface area contributed by atoms with Gasteiger partial charge in [-0.1, -0.05) is 35.3 Å². The molecule has 30 heavy (non-hydrogen) atoms. The van der Waals surface area contributed by atoms with Crippen LogP contribution in [0.25, 0.3) is 0 Å². The summed E-state index contributed by atoms with van der Waals surface area (Å²) in [6, 6.07) is 13.9. The molecule has 3 nitrogen and oxygen atoms in total. The second-order valence-corrected chi connectivity index (χ2v) is 8.13. The summed E-state index contributed by atoms with van der Waals surface area (Å²) in [5.74, 6) is 0. The number of benzene rings is 2. The fourth-order valence-corrected chi connectivity index (χ4v) is 4.45. The minimum atomic E-state index is -4.43. The maximum absolute atomic E-state index is 13.1. The van der Waals surface area contributed by atoms with E-state index in [1.165, 1.54) is 6.07 Å². The third-order valence-electron chi connectivity index (χ3n) is 5.00. The lowest BCUT2D eigenvalue weighted by Gasteiger charge is -2.39. The molecule has 156 valence electrons. The summed E-state index contributed by atoms with van der Waals surface area (Å²) in [4.78, 5) is 1.93. The van der Waals surface area contributed by atoms with E-state index >= 15 is 0 Å². The zero-order chi connectivity index (χ0) is 21.5. The van der Waals surface area contributed by atoms with Gasteiger partial charge in [-0.25, -0.2) is 0 Å². The molecule has 1 atom stereocenters. The van der Waals surface area contributed by atoms with E-state index in [-0.39, 0.29) is 11.7 Å². The minimum Gasteiger partial charge on any atom is -0.348 e. The van der Waals surface area contributed by atoms with Crippen molar-refractivity contribution in [1.82, 2.24) is 9.47 Å². The van der Waals surface area contributed by atoms with Crippen molar-refractivity contribution in [3.05, 3.63) is 87.7 Å². The molecule has 0 saturated carbocycles. The highest BCUT2D eigenvalue weighted by molar-refractivity contribution is 7.80. The minimum absolute atomic E-state index is 0.275. The number of anilines is 1. The van der Waals surface area contributed by atoms with Crippen molar-refractivity contribution in [3.63, 3.8) is 0 Å². The van der Waals surface area contributed by atoms with E-state index in [9.17, 15) is 13.2 Å². The number of alkyl halides is 3. The first-order valence-corrected chi connectivity index (χ1v) is 10.3. The molecule has 1 aliphatic rings. The van der Waals surface area contributed by atoms with Crippen molar-refractivity contribution in [2.75, 3.05) is 11.9 Å². The van der Waals surface area contributed by atoms with E-state index in [0.717, 1.165) is 23.4 Å². The Balaban J connectivity index is 1.67. The van der Waals surface area contributed by atoms with Gasteiger partial charge in [-0.2, -0.15) is 13.2 Å². The molecule has 1 N–H and O–H groups in total. The smallest absolute Gasteiger partial charge is 0.348 e. The molecule has 9 heteroatoms. The first kappa shape index (κ1) is 21.0. The summed E-state index contributed by atoms with van der Waals surface area (Å²) < 4.78 is 41.3. The van der Waals surface area contributed by atoms with Gasteiger partial charge in [-0.15, -0.1) is 0 Å². The fourth-order valence-electron chi connectivity index (χ4n) is 3.62. The number of hydrogen-bond donors (Lipinski definition) is 1. The SMILES string of the molecule is FC(F)(F)c1cccc(NC(=S)N2CCn3cccc3C2c2ccc(Cl)cc2Cl)c1. The zero-order valence-corrected chi connectivity index (χ0v) is 17.8. The van der Waals surface area contributed by atoms with E-state index in [0.29, 0.717) is 28.2 Å². The topological polar surface area (TPSA) is 20.2 Å². The molecule has 1 aliphatic heterocycles. The first-order valence-electron chi connectivity index (χ1n) is 9.09. The van der Waals surface area contributed by atoms with Crippen molar-refractivity contribution in [2.24, 2.45) is 0 Å². The molecule has 1 unspecified atom stereocenters. The number of halogens is 5. The van der Waals surface area contributed by atoms with Crippen LogP contribution >= 0.6 is 35.4 Å². The zero-order valence-electron chi connectivity index (χ0n) is 15.5. The van der Waals surface area contributed by atoms with Crippen molar-refractivity contribution >= 4 is 46.2 Å². The monoisotopic (exact) mass is 469 g/mol. The van der Waals surface area contributed by atoms with Gasteiger partial charge in [0.15, 0.2) is 5.11 Å². The Morgan fingerprint density at radius 2 is 1.83 bits per heavy atom. The third kappa shape index (κ3) is 4.15. The van der Waals surface area contributed by atoms with Gasteiger partial charge in [0, 0.05) is 40.7 Å². The molecule has 0 bridgehead atoms. The Hall–Kier alpha value is -2.22. The molecule has 0 amide bonds. The Labute approximate surface area is 187 Å². The summed E-state index contributed by atoms with van der Waals surface area (Å²) in [6.45, 7) is 1.25. The maximum Gasteiger partial charge on any atom is 0.416 e. The molecule has 0 radical (unpaired) electrons. The van der Waals surface area contributed by atoms with Crippen molar-refractivity contribution in [3.8, 4) is 0 Å². The van der Waals surface area contributed by atoms with E-state index in [2.05, 4.69) is 9.88 Å². The Morgan fingerprint density at radius 3 is 2.57 bits per heavy atom. The summed E-state index contributed by atoms with van der Waals surface area (Å²) in [5.41, 5.74) is 1.34. The van der Waals surface area contributed by atoms with E-state index < -0.39 is 11.7 Å². The lowest BCUT2D eigenvalue weighted by Crippen LogP contribution is -2.44. The molecule has 0 aliphatic carbocycles. The fraction of sp³-hybridized carbons (Fsp3) is 0.190. The first-order chi connectivity index (χ1) is 14.2. The number of hydrogen-bond acceptors (Lipinski definition) is 1. The van der Waals surface area contributed by atoms with Crippen LogP contribution in [0.5, 0.6) is 0 Å². The molecule has 2 aromatic carbocycles. The highest BCUT2D eigenvalue weighted by Crippen LogP contribution is 2.38. The van der Waals surface area contributed by atoms with E-state index in [4.69, 9.17) is 35.4 Å². The standard InChI is InChI=1S/C21H16Cl2F3N3S/c22-14-6-7-16(17(23)12-14)19-18-5-2-8-28(18)9-10-29(19)20(30)27-15-4-1-3-13(11-15)21(24,25)26/h1-8,11-12,19H,9-10H2,(H,27,30). The largest absolute Gasteiger partial charge is 0.416 e. The number of thiocarbonyl (C=S) groups is 1.